The van der Waals surface area contributed by atoms with Gasteiger partial charge in [-0.3, -0.25) is 0 Å². The van der Waals surface area contributed by atoms with Gasteiger partial charge in [-0.2, -0.15) is 0 Å². The molecule has 0 rings (SSSR count). The molecule has 0 aromatic carbocycles. The fraction of sp³-hybridized carbons (Fsp3) is 1.00. The Labute approximate surface area is 70.5 Å². The maximum Gasteiger partial charge on any atom is 0.692 e. The first-order chi connectivity index (χ1) is 4.65. The summed E-state index contributed by atoms with van der Waals surface area (Å²) in [6, 6.07) is 0. The molecule has 5 heteroatoms. The van der Waals surface area contributed by atoms with Gasteiger partial charge in [-0.1, -0.05) is 35.7 Å². The van der Waals surface area contributed by atoms with Crippen molar-refractivity contribution >= 4 is 24.2 Å². The van der Waals surface area contributed by atoms with Gasteiger partial charge in [0.15, 0.2) is 0 Å². The van der Waals surface area contributed by atoms with Gasteiger partial charge in [-0.25, -0.2) is 0 Å². The van der Waals surface area contributed by atoms with E-state index in [2.05, 4.69) is 22.9 Å². The Hall–Kier alpha value is 0.500. The largest absolute Gasteiger partial charge is 0.692 e. The van der Waals surface area contributed by atoms with Crippen molar-refractivity contribution in [1.82, 2.24) is 0 Å². The van der Waals surface area contributed by atoms with E-state index in [1.807, 2.05) is 0 Å². The molecule has 0 aliphatic rings. The van der Waals surface area contributed by atoms with E-state index in [1.165, 1.54) is 24.6 Å². The summed E-state index contributed by atoms with van der Waals surface area (Å²) >= 11 is 3.35. The third-order valence-corrected chi connectivity index (χ3v) is 1.30. The van der Waals surface area contributed by atoms with Crippen molar-refractivity contribution in [3.05, 3.63) is 0 Å². The second kappa shape index (κ2) is 12.2. The fourth-order valence-electron chi connectivity index (χ4n) is 0.344. The lowest BCUT2D eigenvalue weighted by Gasteiger charge is -1.85. The molecule has 0 heterocycles. The van der Waals surface area contributed by atoms with Crippen LogP contribution >= 0.6 is 24.2 Å². The van der Waals surface area contributed by atoms with Crippen LogP contribution in [-0.4, -0.2) is 15.1 Å². The molecule has 0 saturated carbocycles. The highest BCUT2D eigenvalue weighted by atomic mass is 79.9. The van der Waals surface area contributed by atoms with Crippen LogP contribution < -0.4 is 0 Å². The normalized spacial score (nSPS) is 8.00. The number of hydrogen-bond acceptors (Lipinski definition) is 1. The lowest BCUT2D eigenvalue weighted by atomic mass is 10.3. The topological polar surface area (TPSA) is 57.5 Å². The van der Waals surface area contributed by atoms with Crippen LogP contribution in [0.5, 0.6) is 0 Å². The van der Waals surface area contributed by atoms with E-state index < -0.39 is 8.25 Å². The Kier molecular flexibility index (Phi) is 16.0. The predicted molar refractivity (Wildman–Crippen MR) is 45.4 cm³/mol. The zero-order valence-electron chi connectivity index (χ0n) is 5.96. The lowest BCUT2D eigenvalue weighted by molar-refractivity contribution is 0.405. The minimum atomic E-state index is -2.87. The van der Waals surface area contributed by atoms with Crippen LogP contribution in [0.2, 0.25) is 0 Å². The van der Waals surface area contributed by atoms with Crippen molar-refractivity contribution in [3.8, 4) is 0 Å². The highest BCUT2D eigenvalue weighted by Gasteiger charge is 1.93. The molecule has 0 spiro atoms. The van der Waals surface area contributed by atoms with E-state index in [9.17, 15) is 0 Å². The molecule has 10 heavy (non-hydrogen) atoms. The molecule has 0 aliphatic carbocycles. The van der Waals surface area contributed by atoms with Crippen LogP contribution in [-0.2, 0) is 4.57 Å². The van der Waals surface area contributed by atoms with Crippen molar-refractivity contribution in [2.75, 3.05) is 5.33 Å². The molecule has 3 nitrogen and oxygen atoms in total. The van der Waals surface area contributed by atoms with Crippen LogP contribution in [0.3, 0.4) is 0 Å². The molecule has 62 valence electrons. The van der Waals surface area contributed by atoms with Gasteiger partial charge in [0.1, 0.15) is 0 Å². The fourth-order valence-corrected chi connectivity index (χ4v) is 0.741. The zero-order valence-corrected chi connectivity index (χ0v) is 8.44. The van der Waals surface area contributed by atoms with Crippen LogP contribution in [0.25, 0.3) is 0 Å². The van der Waals surface area contributed by atoms with E-state index in [0.29, 0.717) is 0 Å². The number of rotatable bonds is 3. The van der Waals surface area contributed by atoms with Gasteiger partial charge in [0, 0.05) is 9.90 Å². The summed E-state index contributed by atoms with van der Waals surface area (Å²) in [6.07, 6.45) is 4.02. The van der Waals surface area contributed by atoms with Crippen molar-refractivity contribution in [2.24, 2.45) is 0 Å². The van der Waals surface area contributed by atoms with Gasteiger partial charge in [0.25, 0.3) is 0 Å². The second-order valence-electron chi connectivity index (χ2n) is 1.65. The summed E-state index contributed by atoms with van der Waals surface area (Å²) in [6.45, 7) is 2.21. The Morgan fingerprint density at radius 3 is 1.90 bits per heavy atom. The first-order valence-corrected chi connectivity index (χ1v) is 5.34. The average molecular weight is 232 g/mol. The highest BCUT2D eigenvalue weighted by Crippen LogP contribution is 1.98. The van der Waals surface area contributed by atoms with Gasteiger partial charge < -0.3 is 0 Å². The van der Waals surface area contributed by atoms with E-state index in [1.54, 1.807) is 0 Å². The number of halogens is 1. The number of unbranched alkanes of at least 4 members (excludes halogenated alkanes) is 2. The molecular formula is C5H13BrO3P+. The first kappa shape index (κ1) is 13.1. The standard InChI is InChI=1S/C5H11Br.HO3P/c1-2-3-4-5-6;1-4(2)3/h2-5H2,1H3;(H-,1,2,3)/p+1. The first-order valence-electron chi connectivity index (χ1n) is 3.06. The van der Waals surface area contributed by atoms with E-state index in [0.717, 1.165) is 0 Å². The van der Waals surface area contributed by atoms with Gasteiger partial charge >= 0.3 is 8.25 Å². The molecular weight excluding hydrogens is 219 g/mol. The van der Waals surface area contributed by atoms with Gasteiger partial charge in [-0.15, -0.1) is 9.79 Å². The monoisotopic (exact) mass is 231 g/mol. The van der Waals surface area contributed by atoms with Crippen molar-refractivity contribution < 1.29 is 14.4 Å². The van der Waals surface area contributed by atoms with Crippen LogP contribution in [0, 0.1) is 0 Å². The molecule has 0 aromatic heterocycles. The van der Waals surface area contributed by atoms with Crippen molar-refractivity contribution in [2.45, 2.75) is 26.2 Å². The second-order valence-corrected chi connectivity index (χ2v) is 2.95. The summed E-state index contributed by atoms with van der Waals surface area (Å²) < 4.78 is 8.70. The SMILES string of the molecule is CCCCCBr.O=[P+](O)O. The van der Waals surface area contributed by atoms with Gasteiger partial charge in [0.05, 0.1) is 0 Å². The molecule has 0 atom stereocenters. The third kappa shape index (κ3) is 39.0. The van der Waals surface area contributed by atoms with Crippen LogP contribution in [0.4, 0.5) is 0 Å². The molecule has 0 amide bonds. The maximum atomic E-state index is 8.70. The molecule has 2 N–H and O–H groups in total. The molecule has 0 aliphatic heterocycles. The van der Waals surface area contributed by atoms with E-state index in [4.69, 9.17) is 14.4 Å². The molecule has 0 radical (unpaired) electrons. The summed E-state index contributed by atoms with van der Waals surface area (Å²) in [5.74, 6) is 0. The van der Waals surface area contributed by atoms with E-state index >= 15 is 0 Å². The molecule has 0 saturated heterocycles. The Bertz CT molecular complexity index is 71.3. The minimum Gasteiger partial charge on any atom is -0.134 e. The molecule has 0 unspecified atom stereocenters. The Morgan fingerprint density at radius 2 is 1.80 bits per heavy atom. The average Bonchev–Trinajstić information content (AvgIpc) is 1.82. The Morgan fingerprint density at radius 1 is 1.40 bits per heavy atom. The van der Waals surface area contributed by atoms with Gasteiger partial charge in [-0.05, 0) is 6.42 Å². The molecule has 0 fully saturated rings. The van der Waals surface area contributed by atoms with Crippen molar-refractivity contribution in [3.63, 3.8) is 0 Å². The number of alkyl halides is 1. The van der Waals surface area contributed by atoms with Crippen LogP contribution in [0.15, 0.2) is 0 Å². The lowest BCUT2D eigenvalue weighted by Crippen LogP contribution is -1.70. The zero-order chi connectivity index (χ0) is 8.41. The highest BCUT2D eigenvalue weighted by molar-refractivity contribution is 9.09. The molecule has 0 aromatic rings. The summed E-state index contributed by atoms with van der Waals surface area (Å²) in [7, 11) is -2.87. The van der Waals surface area contributed by atoms with Gasteiger partial charge in [0.2, 0.25) is 0 Å². The number of hydrogen-bond donors (Lipinski definition) is 2. The summed E-state index contributed by atoms with van der Waals surface area (Å²) in [5, 5.41) is 1.17. The quantitative estimate of drug-likeness (QED) is 0.445. The minimum absolute atomic E-state index is 1.17. The summed E-state index contributed by atoms with van der Waals surface area (Å²) in [4.78, 5) is 14.2. The molecule has 0 bridgehead atoms. The summed E-state index contributed by atoms with van der Waals surface area (Å²) in [5.41, 5.74) is 0. The predicted octanol–water partition coefficient (Wildman–Crippen LogP) is 2.20. The van der Waals surface area contributed by atoms with Crippen LogP contribution in [0.1, 0.15) is 26.2 Å². The van der Waals surface area contributed by atoms with Crippen molar-refractivity contribution in [1.29, 1.82) is 0 Å². The Balaban J connectivity index is 0. The third-order valence-electron chi connectivity index (χ3n) is 0.737. The maximum absolute atomic E-state index is 8.70. The smallest absolute Gasteiger partial charge is 0.134 e. The van der Waals surface area contributed by atoms with E-state index in [-0.39, 0.29) is 0 Å².